The van der Waals surface area contributed by atoms with Crippen molar-refractivity contribution in [1.82, 2.24) is 10.3 Å². The third-order valence-electron chi connectivity index (χ3n) is 3.24. The van der Waals surface area contributed by atoms with E-state index in [9.17, 15) is 9.90 Å². The lowest BCUT2D eigenvalue weighted by Gasteiger charge is -2.18. The van der Waals surface area contributed by atoms with Crippen molar-refractivity contribution in [1.29, 1.82) is 0 Å². The van der Waals surface area contributed by atoms with Gasteiger partial charge in [-0.3, -0.25) is 0 Å². The summed E-state index contributed by atoms with van der Waals surface area (Å²) in [6.45, 7) is 7.99. The van der Waals surface area contributed by atoms with E-state index in [1.165, 1.54) is 0 Å². The van der Waals surface area contributed by atoms with Crippen LogP contribution < -0.4 is 10.1 Å². The molecule has 1 heterocycles. The number of ether oxygens (including phenoxy) is 1. The molecule has 0 aliphatic carbocycles. The standard InChI is InChI=1S/C18H24N2O4/c1-18(2,3)12-19-10-9-14-16(17(21)22)24-15(20-14)11-23-13-7-5-4-6-8-13/h4-8,19H,9-12H2,1-3H3,(H,21,22). The summed E-state index contributed by atoms with van der Waals surface area (Å²) in [5, 5.41) is 12.6. The zero-order valence-electron chi connectivity index (χ0n) is 14.3. The number of hydrogen-bond acceptors (Lipinski definition) is 5. The topological polar surface area (TPSA) is 84.6 Å². The minimum Gasteiger partial charge on any atom is -0.484 e. The molecular weight excluding hydrogens is 308 g/mol. The highest BCUT2D eigenvalue weighted by molar-refractivity contribution is 5.85. The number of nitrogens with one attached hydrogen (secondary N) is 1. The highest BCUT2D eigenvalue weighted by Gasteiger charge is 2.19. The van der Waals surface area contributed by atoms with E-state index >= 15 is 0 Å². The summed E-state index contributed by atoms with van der Waals surface area (Å²) in [6, 6.07) is 9.25. The Kier molecular flexibility index (Phi) is 5.98. The predicted octanol–water partition coefficient (Wildman–Crippen LogP) is 3.13. The van der Waals surface area contributed by atoms with Crippen LogP contribution in [0.1, 0.15) is 42.9 Å². The van der Waals surface area contributed by atoms with Gasteiger partial charge in [-0.05, 0) is 17.5 Å². The maximum absolute atomic E-state index is 11.3. The molecule has 0 radical (unpaired) electrons. The average Bonchev–Trinajstić information content (AvgIpc) is 2.93. The molecule has 0 aliphatic heterocycles. The number of aromatic nitrogens is 1. The fourth-order valence-electron chi connectivity index (χ4n) is 2.13. The van der Waals surface area contributed by atoms with Crippen LogP contribution in [0.2, 0.25) is 0 Å². The Balaban J connectivity index is 1.95. The van der Waals surface area contributed by atoms with Crippen molar-refractivity contribution < 1.29 is 19.1 Å². The van der Waals surface area contributed by atoms with Crippen molar-refractivity contribution >= 4 is 5.97 Å². The maximum Gasteiger partial charge on any atom is 0.373 e. The number of aromatic carboxylic acids is 1. The van der Waals surface area contributed by atoms with E-state index in [4.69, 9.17) is 9.15 Å². The molecule has 0 spiro atoms. The van der Waals surface area contributed by atoms with Crippen LogP contribution >= 0.6 is 0 Å². The van der Waals surface area contributed by atoms with Crippen molar-refractivity contribution in [3.05, 3.63) is 47.7 Å². The fourth-order valence-corrected chi connectivity index (χ4v) is 2.13. The van der Waals surface area contributed by atoms with Gasteiger partial charge in [-0.2, -0.15) is 0 Å². The van der Waals surface area contributed by atoms with Gasteiger partial charge in [-0.15, -0.1) is 0 Å². The molecule has 0 amide bonds. The Morgan fingerprint density at radius 1 is 1.29 bits per heavy atom. The molecule has 1 aromatic carbocycles. The molecule has 0 aliphatic rings. The second kappa shape index (κ2) is 7.97. The van der Waals surface area contributed by atoms with Gasteiger partial charge in [-0.25, -0.2) is 9.78 Å². The van der Waals surface area contributed by atoms with E-state index in [-0.39, 0.29) is 23.7 Å². The number of nitrogens with zero attached hydrogens (tertiary/aromatic N) is 1. The highest BCUT2D eigenvalue weighted by Crippen LogP contribution is 2.16. The molecule has 0 fully saturated rings. The molecule has 24 heavy (non-hydrogen) atoms. The normalized spacial score (nSPS) is 11.5. The SMILES string of the molecule is CC(C)(C)CNCCc1nc(COc2ccccc2)oc1C(=O)O. The number of para-hydroxylation sites is 1. The van der Waals surface area contributed by atoms with E-state index < -0.39 is 5.97 Å². The zero-order chi connectivity index (χ0) is 17.6. The average molecular weight is 332 g/mol. The summed E-state index contributed by atoms with van der Waals surface area (Å²) < 4.78 is 10.9. The summed E-state index contributed by atoms with van der Waals surface area (Å²) in [6.07, 6.45) is 0.493. The lowest BCUT2D eigenvalue weighted by Crippen LogP contribution is -2.28. The Hall–Kier alpha value is -2.34. The van der Waals surface area contributed by atoms with E-state index in [2.05, 4.69) is 31.1 Å². The van der Waals surface area contributed by atoms with Gasteiger partial charge in [0.2, 0.25) is 11.7 Å². The first kappa shape index (κ1) is 18.0. The van der Waals surface area contributed by atoms with Crippen LogP contribution in [0.15, 0.2) is 34.7 Å². The second-order valence-electron chi connectivity index (χ2n) is 6.78. The molecule has 0 saturated carbocycles. The molecule has 6 heteroatoms. The lowest BCUT2D eigenvalue weighted by molar-refractivity contribution is 0.0656. The number of rotatable bonds is 8. The van der Waals surface area contributed by atoms with Crippen LogP contribution in [-0.2, 0) is 13.0 Å². The third-order valence-corrected chi connectivity index (χ3v) is 3.24. The fraction of sp³-hybridized carbons (Fsp3) is 0.444. The molecule has 2 rings (SSSR count). The lowest BCUT2D eigenvalue weighted by atomic mass is 9.97. The van der Waals surface area contributed by atoms with Crippen LogP contribution in [-0.4, -0.2) is 29.1 Å². The van der Waals surface area contributed by atoms with Crippen molar-refractivity contribution in [2.45, 2.75) is 33.8 Å². The minimum absolute atomic E-state index is 0.0969. The molecule has 130 valence electrons. The van der Waals surface area contributed by atoms with Gasteiger partial charge in [0.25, 0.3) is 0 Å². The highest BCUT2D eigenvalue weighted by atomic mass is 16.5. The molecule has 2 aromatic rings. The monoisotopic (exact) mass is 332 g/mol. The van der Waals surface area contributed by atoms with Crippen molar-refractivity contribution in [3.63, 3.8) is 0 Å². The number of benzene rings is 1. The second-order valence-corrected chi connectivity index (χ2v) is 6.78. The first-order chi connectivity index (χ1) is 11.3. The van der Waals surface area contributed by atoms with Gasteiger partial charge in [0.1, 0.15) is 5.75 Å². The molecule has 0 unspecified atom stereocenters. The quantitative estimate of drug-likeness (QED) is 0.723. The molecule has 0 atom stereocenters. The summed E-state index contributed by atoms with van der Waals surface area (Å²) in [7, 11) is 0. The van der Waals surface area contributed by atoms with Gasteiger partial charge in [0, 0.05) is 19.5 Å². The van der Waals surface area contributed by atoms with Crippen molar-refractivity contribution in [3.8, 4) is 5.75 Å². The van der Waals surface area contributed by atoms with Gasteiger partial charge in [0.15, 0.2) is 6.61 Å². The van der Waals surface area contributed by atoms with Gasteiger partial charge in [-0.1, -0.05) is 39.0 Å². The Bertz CT molecular complexity index is 659. The Morgan fingerprint density at radius 3 is 2.62 bits per heavy atom. The largest absolute Gasteiger partial charge is 0.484 e. The molecule has 6 nitrogen and oxygen atoms in total. The third kappa shape index (κ3) is 5.70. The summed E-state index contributed by atoms with van der Waals surface area (Å²) in [4.78, 5) is 15.6. The first-order valence-electron chi connectivity index (χ1n) is 7.95. The maximum atomic E-state index is 11.3. The van der Waals surface area contributed by atoms with Gasteiger partial charge >= 0.3 is 5.97 Å². The summed E-state index contributed by atoms with van der Waals surface area (Å²) in [5.74, 6) is -0.276. The molecular formula is C18H24N2O4. The van der Waals surface area contributed by atoms with Crippen LogP contribution in [0.25, 0.3) is 0 Å². The van der Waals surface area contributed by atoms with Crippen molar-refractivity contribution in [2.75, 3.05) is 13.1 Å². The predicted molar refractivity (Wildman–Crippen MR) is 90.3 cm³/mol. The van der Waals surface area contributed by atoms with E-state index in [0.29, 0.717) is 24.4 Å². The van der Waals surface area contributed by atoms with Crippen LogP contribution in [0, 0.1) is 5.41 Å². The van der Waals surface area contributed by atoms with Crippen molar-refractivity contribution in [2.24, 2.45) is 5.41 Å². The van der Waals surface area contributed by atoms with E-state index in [0.717, 1.165) is 6.54 Å². The van der Waals surface area contributed by atoms with E-state index in [1.54, 1.807) is 0 Å². The summed E-state index contributed by atoms with van der Waals surface area (Å²) >= 11 is 0. The number of oxazole rings is 1. The van der Waals surface area contributed by atoms with Gasteiger partial charge < -0.3 is 19.6 Å². The zero-order valence-corrected chi connectivity index (χ0v) is 14.3. The number of carboxylic acid groups (broad SMARTS) is 1. The molecule has 0 saturated heterocycles. The van der Waals surface area contributed by atoms with Crippen LogP contribution in [0.4, 0.5) is 0 Å². The molecule has 2 N–H and O–H groups in total. The number of carbonyl (C=O) groups is 1. The van der Waals surface area contributed by atoms with Crippen LogP contribution in [0.3, 0.4) is 0 Å². The molecule has 0 bridgehead atoms. The smallest absolute Gasteiger partial charge is 0.373 e. The number of hydrogen-bond donors (Lipinski definition) is 2. The Labute approximate surface area is 141 Å². The number of carboxylic acids is 1. The summed E-state index contributed by atoms with van der Waals surface area (Å²) in [5.41, 5.74) is 0.615. The van der Waals surface area contributed by atoms with Gasteiger partial charge in [0.05, 0.1) is 5.69 Å². The Morgan fingerprint density at radius 2 is 2.00 bits per heavy atom. The molecule has 1 aromatic heterocycles. The first-order valence-corrected chi connectivity index (χ1v) is 7.95. The minimum atomic E-state index is -1.11. The van der Waals surface area contributed by atoms with E-state index in [1.807, 2.05) is 30.3 Å². The van der Waals surface area contributed by atoms with Crippen LogP contribution in [0.5, 0.6) is 5.75 Å².